The van der Waals surface area contributed by atoms with Gasteiger partial charge in [-0.25, -0.2) is 0 Å². The van der Waals surface area contributed by atoms with Crippen molar-refractivity contribution in [2.75, 3.05) is 34.4 Å². The molecule has 146 valence electrons. The van der Waals surface area contributed by atoms with E-state index in [1.807, 2.05) is 17.0 Å². The van der Waals surface area contributed by atoms with E-state index >= 15 is 0 Å². The second-order valence-electron chi connectivity index (χ2n) is 6.74. The molecule has 1 fully saturated rings. The Balaban J connectivity index is 1.91. The maximum absolute atomic E-state index is 13.4. The maximum atomic E-state index is 13.4. The number of hydrogen-bond acceptors (Lipinski definition) is 5. The molecule has 6 nitrogen and oxygen atoms in total. The molecule has 0 aliphatic carbocycles. The Hall–Kier alpha value is -2.18. The third-order valence-corrected chi connectivity index (χ3v) is 5.26. The highest BCUT2D eigenvalue weighted by atomic mass is 35.5. The lowest BCUT2D eigenvalue weighted by molar-refractivity contribution is 0.0550. The number of methoxy groups -OCH3 is 2. The summed E-state index contributed by atoms with van der Waals surface area (Å²) in [7, 11) is 5.15. The number of furan rings is 1. The molecule has 0 N–H and O–H groups in total. The van der Waals surface area contributed by atoms with E-state index in [1.54, 1.807) is 18.4 Å². The first-order valence-corrected chi connectivity index (χ1v) is 9.34. The fourth-order valence-corrected chi connectivity index (χ4v) is 3.74. The van der Waals surface area contributed by atoms with Gasteiger partial charge in [-0.15, -0.1) is 0 Å². The summed E-state index contributed by atoms with van der Waals surface area (Å²) in [6.07, 6.45) is 3.47. The predicted octanol–water partition coefficient (Wildman–Crippen LogP) is 3.69. The van der Waals surface area contributed by atoms with Gasteiger partial charge in [0.05, 0.1) is 32.1 Å². The first-order valence-electron chi connectivity index (χ1n) is 8.97. The first-order chi connectivity index (χ1) is 13.0. The van der Waals surface area contributed by atoms with Crippen LogP contribution < -0.4 is 9.47 Å². The van der Waals surface area contributed by atoms with Gasteiger partial charge in [-0.1, -0.05) is 11.6 Å². The minimum Gasteiger partial charge on any atom is -0.493 e. The van der Waals surface area contributed by atoms with Gasteiger partial charge in [-0.3, -0.25) is 4.79 Å². The van der Waals surface area contributed by atoms with Gasteiger partial charge in [0.25, 0.3) is 5.91 Å². The Morgan fingerprint density at radius 2 is 2.04 bits per heavy atom. The number of benzene rings is 1. The molecule has 1 saturated heterocycles. The van der Waals surface area contributed by atoms with Crippen LogP contribution >= 0.6 is 11.6 Å². The average molecular weight is 393 g/mol. The van der Waals surface area contributed by atoms with Gasteiger partial charge in [0.1, 0.15) is 5.76 Å². The standard InChI is InChI=1S/C20H25ClN2O4/c1-22-8-6-15(7-9-22)23(13-16-5-4-10-27-16)20(24)14-11-17(21)19(26-3)18(12-14)25-2/h4-5,10-12,15H,6-9,13H2,1-3H3. The molecular weight excluding hydrogens is 368 g/mol. The van der Waals surface area contributed by atoms with Crippen molar-refractivity contribution < 1.29 is 18.7 Å². The monoisotopic (exact) mass is 392 g/mol. The number of amides is 1. The van der Waals surface area contributed by atoms with Gasteiger partial charge in [0, 0.05) is 11.6 Å². The van der Waals surface area contributed by atoms with Crippen molar-refractivity contribution >= 4 is 17.5 Å². The fraction of sp³-hybridized carbons (Fsp3) is 0.450. The van der Waals surface area contributed by atoms with Gasteiger partial charge in [0.15, 0.2) is 11.5 Å². The number of carbonyl (C=O) groups is 1. The molecule has 0 spiro atoms. The molecule has 1 aliphatic rings. The largest absolute Gasteiger partial charge is 0.493 e. The highest BCUT2D eigenvalue weighted by Crippen LogP contribution is 2.36. The van der Waals surface area contributed by atoms with Crippen LogP contribution in [0.4, 0.5) is 0 Å². The maximum Gasteiger partial charge on any atom is 0.254 e. The van der Waals surface area contributed by atoms with Gasteiger partial charge in [0.2, 0.25) is 0 Å². The fourth-order valence-electron chi connectivity index (χ4n) is 3.45. The molecule has 0 unspecified atom stereocenters. The van der Waals surface area contributed by atoms with Gasteiger partial charge in [-0.05, 0) is 57.2 Å². The van der Waals surface area contributed by atoms with E-state index in [9.17, 15) is 4.79 Å². The minimum absolute atomic E-state index is 0.0937. The van der Waals surface area contributed by atoms with Gasteiger partial charge in [-0.2, -0.15) is 0 Å². The van der Waals surface area contributed by atoms with Crippen molar-refractivity contribution in [3.63, 3.8) is 0 Å². The molecule has 1 aromatic carbocycles. The van der Waals surface area contributed by atoms with E-state index in [4.69, 9.17) is 25.5 Å². The second kappa shape index (κ2) is 8.67. The number of piperidine rings is 1. The normalized spacial score (nSPS) is 15.6. The Morgan fingerprint density at radius 1 is 1.30 bits per heavy atom. The predicted molar refractivity (Wildman–Crippen MR) is 104 cm³/mol. The number of rotatable bonds is 6. The number of likely N-dealkylation sites (tertiary alicyclic amines) is 1. The third-order valence-electron chi connectivity index (χ3n) is 4.98. The quantitative estimate of drug-likeness (QED) is 0.750. The summed E-state index contributed by atoms with van der Waals surface area (Å²) in [5, 5.41) is 0.349. The van der Waals surface area contributed by atoms with Crippen molar-refractivity contribution in [2.45, 2.75) is 25.4 Å². The molecule has 1 amide bonds. The van der Waals surface area contributed by atoms with Crippen LogP contribution in [0.3, 0.4) is 0 Å². The van der Waals surface area contributed by atoms with E-state index in [1.165, 1.54) is 14.2 Å². The summed E-state index contributed by atoms with van der Waals surface area (Å²) >= 11 is 6.31. The van der Waals surface area contributed by atoms with Crippen LogP contribution in [-0.2, 0) is 6.54 Å². The number of halogens is 1. The van der Waals surface area contributed by atoms with E-state index in [2.05, 4.69) is 11.9 Å². The van der Waals surface area contributed by atoms with Gasteiger partial charge < -0.3 is 23.7 Å². The van der Waals surface area contributed by atoms with Crippen LogP contribution in [-0.4, -0.2) is 56.1 Å². The van der Waals surface area contributed by atoms with Crippen molar-refractivity contribution in [3.05, 3.63) is 46.9 Å². The zero-order valence-corrected chi connectivity index (χ0v) is 16.7. The second-order valence-corrected chi connectivity index (χ2v) is 7.15. The molecule has 1 aliphatic heterocycles. The zero-order chi connectivity index (χ0) is 19.4. The summed E-state index contributed by atoms with van der Waals surface area (Å²) in [5.41, 5.74) is 0.475. The molecule has 0 saturated carbocycles. The summed E-state index contributed by atoms with van der Waals surface area (Å²) in [4.78, 5) is 17.5. The summed E-state index contributed by atoms with van der Waals surface area (Å²) in [6.45, 7) is 2.34. The van der Waals surface area contributed by atoms with Crippen molar-refractivity contribution in [2.24, 2.45) is 0 Å². The SMILES string of the molecule is COc1cc(C(=O)N(Cc2ccco2)C2CCN(C)CC2)cc(Cl)c1OC. The average Bonchev–Trinajstić information content (AvgIpc) is 3.19. The van der Waals surface area contributed by atoms with Crippen LogP contribution in [0.15, 0.2) is 34.9 Å². The number of carbonyl (C=O) groups excluding carboxylic acids is 1. The lowest BCUT2D eigenvalue weighted by Crippen LogP contribution is -2.46. The van der Waals surface area contributed by atoms with E-state index in [0.717, 1.165) is 31.7 Å². The molecular formula is C20H25ClN2O4. The van der Waals surface area contributed by atoms with Crippen LogP contribution in [0.5, 0.6) is 11.5 Å². The summed E-state index contributed by atoms with van der Waals surface area (Å²) < 4.78 is 16.1. The Kier molecular flexibility index (Phi) is 6.29. The lowest BCUT2D eigenvalue weighted by atomic mass is 10.0. The number of nitrogens with zero attached hydrogens (tertiary/aromatic N) is 2. The molecule has 2 aromatic rings. The molecule has 0 atom stereocenters. The number of hydrogen-bond donors (Lipinski definition) is 0. The molecule has 27 heavy (non-hydrogen) atoms. The first kappa shape index (κ1) is 19.6. The highest BCUT2D eigenvalue weighted by Gasteiger charge is 2.29. The van der Waals surface area contributed by atoms with Crippen molar-refractivity contribution in [3.8, 4) is 11.5 Å². The number of ether oxygens (including phenoxy) is 2. The van der Waals surface area contributed by atoms with Gasteiger partial charge >= 0.3 is 0 Å². The molecule has 0 bridgehead atoms. The van der Waals surface area contributed by atoms with Crippen LogP contribution in [0.1, 0.15) is 29.0 Å². The zero-order valence-electron chi connectivity index (χ0n) is 15.9. The van der Waals surface area contributed by atoms with Crippen LogP contribution in [0.25, 0.3) is 0 Å². The Labute approximate surface area is 164 Å². The third kappa shape index (κ3) is 4.39. The molecule has 1 aromatic heterocycles. The lowest BCUT2D eigenvalue weighted by Gasteiger charge is -2.37. The Bertz CT molecular complexity index is 771. The van der Waals surface area contributed by atoms with E-state index in [-0.39, 0.29) is 11.9 Å². The summed E-state index contributed by atoms with van der Waals surface area (Å²) in [5.74, 6) is 1.53. The molecule has 3 rings (SSSR count). The smallest absolute Gasteiger partial charge is 0.254 e. The molecule has 2 heterocycles. The van der Waals surface area contributed by atoms with E-state index in [0.29, 0.717) is 28.6 Å². The van der Waals surface area contributed by atoms with E-state index < -0.39 is 0 Å². The van der Waals surface area contributed by atoms with Crippen LogP contribution in [0.2, 0.25) is 5.02 Å². The molecule has 7 heteroatoms. The van der Waals surface area contributed by atoms with Crippen molar-refractivity contribution in [1.82, 2.24) is 9.80 Å². The van der Waals surface area contributed by atoms with Crippen molar-refractivity contribution in [1.29, 1.82) is 0 Å². The summed E-state index contributed by atoms with van der Waals surface area (Å²) in [6, 6.07) is 7.18. The Morgan fingerprint density at radius 3 is 2.63 bits per heavy atom. The van der Waals surface area contributed by atoms with Crippen LogP contribution in [0, 0.1) is 0 Å². The minimum atomic E-state index is -0.0937. The molecule has 0 radical (unpaired) electrons. The topological polar surface area (TPSA) is 55.2 Å². The highest BCUT2D eigenvalue weighted by molar-refractivity contribution is 6.32.